The first kappa shape index (κ1) is 11.3. The highest BCUT2D eigenvalue weighted by atomic mass is 16.5. The van der Waals surface area contributed by atoms with Crippen LogP contribution in [0.15, 0.2) is 52.2 Å². The van der Waals surface area contributed by atoms with Gasteiger partial charge >= 0.3 is 0 Å². The zero-order valence-corrected chi connectivity index (χ0v) is 9.33. The standard InChI is InChI=1S/C12H12N2O3/c1-2-9-10(15)11(16)12(17-9)14-13-8-6-4-3-5-7-8/h3-7,9,16H,2H2,1H3. The van der Waals surface area contributed by atoms with E-state index in [0.29, 0.717) is 12.1 Å². The van der Waals surface area contributed by atoms with E-state index in [4.69, 9.17) is 4.74 Å². The van der Waals surface area contributed by atoms with Crippen molar-refractivity contribution in [3.63, 3.8) is 0 Å². The van der Waals surface area contributed by atoms with E-state index in [-0.39, 0.29) is 5.88 Å². The van der Waals surface area contributed by atoms with Gasteiger partial charge in [-0.1, -0.05) is 25.1 Å². The average Bonchev–Trinajstić information content (AvgIpc) is 2.65. The molecule has 0 saturated heterocycles. The Bertz CT molecular complexity index is 480. The van der Waals surface area contributed by atoms with E-state index in [1.54, 1.807) is 19.1 Å². The van der Waals surface area contributed by atoms with Gasteiger partial charge in [0, 0.05) is 0 Å². The molecule has 1 unspecified atom stereocenters. The molecule has 1 N–H and O–H groups in total. The summed E-state index contributed by atoms with van der Waals surface area (Å²) >= 11 is 0. The van der Waals surface area contributed by atoms with Crippen LogP contribution in [0.5, 0.6) is 0 Å². The monoisotopic (exact) mass is 232 g/mol. The third kappa shape index (κ3) is 2.33. The largest absolute Gasteiger partial charge is 0.500 e. The molecular weight excluding hydrogens is 220 g/mol. The lowest BCUT2D eigenvalue weighted by Crippen LogP contribution is -2.16. The fraction of sp³-hybridized carbons (Fsp3) is 0.250. The van der Waals surface area contributed by atoms with Gasteiger partial charge in [-0.05, 0) is 18.6 Å². The number of hydrogen-bond acceptors (Lipinski definition) is 5. The Morgan fingerprint density at radius 1 is 1.29 bits per heavy atom. The minimum Gasteiger partial charge on any atom is -0.500 e. The van der Waals surface area contributed by atoms with E-state index in [1.807, 2.05) is 18.2 Å². The van der Waals surface area contributed by atoms with E-state index in [9.17, 15) is 9.90 Å². The van der Waals surface area contributed by atoms with Crippen LogP contribution in [0.25, 0.3) is 0 Å². The molecule has 1 atom stereocenters. The lowest BCUT2D eigenvalue weighted by Gasteiger charge is -2.04. The third-order valence-corrected chi connectivity index (χ3v) is 2.37. The van der Waals surface area contributed by atoms with Gasteiger partial charge in [-0.2, -0.15) is 0 Å². The van der Waals surface area contributed by atoms with E-state index in [2.05, 4.69) is 10.2 Å². The number of ketones is 1. The summed E-state index contributed by atoms with van der Waals surface area (Å²) in [5, 5.41) is 17.1. The van der Waals surface area contributed by atoms with Gasteiger partial charge in [-0.25, -0.2) is 0 Å². The van der Waals surface area contributed by atoms with Gasteiger partial charge in [0.25, 0.3) is 5.88 Å². The summed E-state index contributed by atoms with van der Waals surface area (Å²) in [6, 6.07) is 9.01. The Balaban J connectivity index is 2.15. The molecule has 88 valence electrons. The zero-order valence-electron chi connectivity index (χ0n) is 9.33. The number of nitrogens with zero attached hydrogens (tertiary/aromatic N) is 2. The summed E-state index contributed by atoms with van der Waals surface area (Å²) in [6.07, 6.45) is -0.146. The van der Waals surface area contributed by atoms with E-state index in [0.717, 1.165) is 0 Å². The minimum atomic E-state index is -0.639. The summed E-state index contributed by atoms with van der Waals surface area (Å²) < 4.78 is 5.18. The van der Waals surface area contributed by atoms with Crippen LogP contribution < -0.4 is 0 Å². The molecule has 0 spiro atoms. The molecular formula is C12H12N2O3. The summed E-state index contributed by atoms with van der Waals surface area (Å²) in [4.78, 5) is 11.4. The SMILES string of the molecule is CCC1OC(N=Nc2ccccc2)=C(O)C1=O. The first-order valence-corrected chi connectivity index (χ1v) is 5.33. The van der Waals surface area contributed by atoms with Crippen molar-refractivity contribution >= 4 is 11.5 Å². The van der Waals surface area contributed by atoms with Crippen molar-refractivity contribution in [1.29, 1.82) is 0 Å². The highest BCUT2D eigenvalue weighted by molar-refractivity contribution is 5.98. The van der Waals surface area contributed by atoms with Crippen LogP contribution in [-0.4, -0.2) is 17.0 Å². The van der Waals surface area contributed by atoms with Crippen LogP contribution in [-0.2, 0) is 9.53 Å². The smallest absolute Gasteiger partial charge is 0.280 e. The fourth-order valence-electron chi connectivity index (χ4n) is 1.44. The van der Waals surface area contributed by atoms with Crippen molar-refractivity contribution in [2.75, 3.05) is 0 Å². The van der Waals surface area contributed by atoms with Crippen LogP contribution in [0, 0.1) is 0 Å². The van der Waals surface area contributed by atoms with Crippen LogP contribution in [0.2, 0.25) is 0 Å². The van der Waals surface area contributed by atoms with Crippen molar-refractivity contribution in [1.82, 2.24) is 0 Å². The van der Waals surface area contributed by atoms with Gasteiger partial charge < -0.3 is 9.84 Å². The summed E-state index contributed by atoms with van der Waals surface area (Å²) in [5.41, 5.74) is 0.629. The molecule has 0 saturated carbocycles. The first-order valence-electron chi connectivity index (χ1n) is 5.33. The molecule has 1 aromatic carbocycles. The maximum Gasteiger partial charge on any atom is 0.280 e. The second-order valence-electron chi connectivity index (χ2n) is 3.57. The number of Topliss-reactive ketones (excluding diaryl/α,β-unsaturated/α-hetero) is 1. The second-order valence-corrected chi connectivity index (χ2v) is 3.57. The third-order valence-electron chi connectivity index (χ3n) is 2.37. The molecule has 0 radical (unpaired) electrons. The van der Waals surface area contributed by atoms with Crippen LogP contribution in [0.3, 0.4) is 0 Å². The van der Waals surface area contributed by atoms with E-state index < -0.39 is 17.6 Å². The number of ether oxygens (including phenoxy) is 1. The molecule has 0 bridgehead atoms. The topological polar surface area (TPSA) is 71.2 Å². The molecule has 1 aliphatic rings. The van der Waals surface area contributed by atoms with E-state index >= 15 is 0 Å². The maximum absolute atomic E-state index is 11.4. The van der Waals surface area contributed by atoms with Crippen molar-refractivity contribution in [3.8, 4) is 0 Å². The normalized spacial score (nSPS) is 20.1. The van der Waals surface area contributed by atoms with Gasteiger partial charge in [0.1, 0.15) is 0 Å². The predicted octanol–water partition coefficient (Wildman–Crippen LogP) is 2.88. The average molecular weight is 232 g/mol. The summed E-state index contributed by atoms with van der Waals surface area (Å²) in [5.74, 6) is -0.989. The maximum atomic E-state index is 11.4. The Labute approximate surface area is 98.4 Å². The summed E-state index contributed by atoms with van der Waals surface area (Å²) in [7, 11) is 0. The quantitative estimate of drug-likeness (QED) is 0.814. The molecule has 0 aliphatic carbocycles. The number of azo groups is 1. The molecule has 17 heavy (non-hydrogen) atoms. The lowest BCUT2D eigenvalue weighted by atomic mass is 10.2. The first-order chi connectivity index (χ1) is 8.22. The molecule has 1 aromatic rings. The Kier molecular flexibility index (Phi) is 3.18. The zero-order chi connectivity index (χ0) is 12.3. The summed E-state index contributed by atoms with van der Waals surface area (Å²) in [6.45, 7) is 1.80. The fourth-order valence-corrected chi connectivity index (χ4v) is 1.44. The number of hydrogen-bond donors (Lipinski definition) is 1. The molecule has 5 heteroatoms. The number of benzene rings is 1. The lowest BCUT2D eigenvalue weighted by molar-refractivity contribution is -0.123. The van der Waals surface area contributed by atoms with Gasteiger partial charge in [-0.3, -0.25) is 4.79 Å². The van der Waals surface area contributed by atoms with Gasteiger partial charge in [0.15, 0.2) is 6.10 Å². The van der Waals surface area contributed by atoms with Crippen molar-refractivity contribution in [2.24, 2.45) is 10.2 Å². The van der Waals surface area contributed by atoms with Crippen molar-refractivity contribution < 1.29 is 14.6 Å². The number of rotatable bonds is 3. The Hall–Kier alpha value is -2.17. The molecule has 0 aromatic heterocycles. The second kappa shape index (κ2) is 4.78. The molecule has 5 nitrogen and oxygen atoms in total. The van der Waals surface area contributed by atoms with E-state index in [1.165, 1.54) is 0 Å². The molecule has 0 amide bonds. The molecule has 1 aliphatic heterocycles. The van der Waals surface area contributed by atoms with Crippen LogP contribution in [0.4, 0.5) is 5.69 Å². The highest BCUT2D eigenvalue weighted by Gasteiger charge is 2.34. The molecule has 0 fully saturated rings. The highest BCUT2D eigenvalue weighted by Crippen LogP contribution is 2.24. The van der Waals surface area contributed by atoms with Gasteiger partial charge in [0.2, 0.25) is 11.5 Å². The molecule has 1 heterocycles. The Morgan fingerprint density at radius 2 is 2.00 bits per heavy atom. The number of carbonyl (C=O) groups is 1. The van der Waals surface area contributed by atoms with Gasteiger partial charge in [-0.15, -0.1) is 10.2 Å². The predicted molar refractivity (Wildman–Crippen MR) is 60.8 cm³/mol. The molecule has 2 rings (SSSR count). The van der Waals surface area contributed by atoms with Crippen LogP contribution in [0.1, 0.15) is 13.3 Å². The number of aliphatic hydroxyl groups excluding tert-OH is 1. The number of carbonyl (C=O) groups excluding carboxylic acids is 1. The van der Waals surface area contributed by atoms with Crippen LogP contribution >= 0.6 is 0 Å². The van der Waals surface area contributed by atoms with Gasteiger partial charge in [0.05, 0.1) is 5.69 Å². The minimum absolute atomic E-state index is 0.106. The Morgan fingerprint density at radius 3 is 2.59 bits per heavy atom. The number of aliphatic hydroxyl groups is 1. The van der Waals surface area contributed by atoms with Crippen molar-refractivity contribution in [2.45, 2.75) is 19.4 Å². The van der Waals surface area contributed by atoms with Crippen molar-refractivity contribution in [3.05, 3.63) is 42.0 Å².